The SMILES string of the molecule is CCC(C)C(C=O)NC(=O)C(Cc1ccccc1)NC(=O)C(C)N. The minimum atomic E-state index is -0.780. The van der Waals surface area contributed by atoms with Crippen molar-refractivity contribution in [2.75, 3.05) is 0 Å². The van der Waals surface area contributed by atoms with E-state index in [-0.39, 0.29) is 11.8 Å². The smallest absolute Gasteiger partial charge is 0.243 e. The molecule has 6 heteroatoms. The van der Waals surface area contributed by atoms with Crippen LogP contribution in [0.25, 0.3) is 0 Å². The molecule has 0 aliphatic heterocycles. The van der Waals surface area contributed by atoms with Crippen molar-refractivity contribution >= 4 is 18.1 Å². The zero-order valence-electron chi connectivity index (χ0n) is 14.5. The fourth-order valence-corrected chi connectivity index (χ4v) is 2.19. The highest BCUT2D eigenvalue weighted by Gasteiger charge is 2.26. The highest BCUT2D eigenvalue weighted by molar-refractivity contribution is 5.90. The van der Waals surface area contributed by atoms with Crippen molar-refractivity contribution in [3.05, 3.63) is 35.9 Å². The highest BCUT2D eigenvalue weighted by atomic mass is 16.2. The Morgan fingerprint density at radius 1 is 1.12 bits per heavy atom. The summed E-state index contributed by atoms with van der Waals surface area (Å²) in [6.45, 7) is 5.40. The van der Waals surface area contributed by atoms with Crippen LogP contribution >= 0.6 is 0 Å². The Morgan fingerprint density at radius 3 is 2.25 bits per heavy atom. The van der Waals surface area contributed by atoms with Crippen LogP contribution in [0.1, 0.15) is 32.8 Å². The van der Waals surface area contributed by atoms with Crippen molar-refractivity contribution in [3.8, 4) is 0 Å². The number of amides is 2. The van der Waals surface area contributed by atoms with E-state index >= 15 is 0 Å². The van der Waals surface area contributed by atoms with Gasteiger partial charge in [-0.3, -0.25) is 9.59 Å². The third-order valence-corrected chi connectivity index (χ3v) is 4.04. The van der Waals surface area contributed by atoms with Crippen LogP contribution in [-0.4, -0.2) is 36.2 Å². The zero-order valence-corrected chi connectivity index (χ0v) is 14.5. The molecule has 0 aliphatic rings. The molecular formula is C18H27N3O3. The summed E-state index contributed by atoms with van der Waals surface area (Å²) in [7, 11) is 0. The van der Waals surface area contributed by atoms with Crippen molar-refractivity contribution in [1.29, 1.82) is 0 Å². The molecule has 1 rings (SSSR count). The van der Waals surface area contributed by atoms with Gasteiger partial charge < -0.3 is 21.2 Å². The van der Waals surface area contributed by atoms with Gasteiger partial charge in [0, 0.05) is 6.42 Å². The second-order valence-electron chi connectivity index (χ2n) is 6.10. The van der Waals surface area contributed by atoms with Gasteiger partial charge in [0.25, 0.3) is 0 Å². The summed E-state index contributed by atoms with van der Waals surface area (Å²) in [5.41, 5.74) is 6.49. The van der Waals surface area contributed by atoms with Crippen molar-refractivity contribution in [1.82, 2.24) is 10.6 Å². The molecule has 1 aromatic rings. The van der Waals surface area contributed by atoms with E-state index in [4.69, 9.17) is 5.73 Å². The van der Waals surface area contributed by atoms with Crippen LogP contribution in [0.5, 0.6) is 0 Å². The van der Waals surface area contributed by atoms with E-state index in [1.807, 2.05) is 44.2 Å². The number of nitrogens with two attached hydrogens (primary N) is 1. The normalized spacial score (nSPS) is 15.7. The topological polar surface area (TPSA) is 101 Å². The van der Waals surface area contributed by atoms with E-state index in [0.29, 0.717) is 6.42 Å². The lowest BCUT2D eigenvalue weighted by Gasteiger charge is -2.24. The fourth-order valence-electron chi connectivity index (χ4n) is 2.19. The second kappa shape index (κ2) is 9.82. The first-order valence-electron chi connectivity index (χ1n) is 8.24. The molecule has 0 radical (unpaired) electrons. The van der Waals surface area contributed by atoms with Crippen LogP contribution in [0.4, 0.5) is 0 Å². The summed E-state index contributed by atoms with van der Waals surface area (Å²) in [5.74, 6) is -0.768. The Hall–Kier alpha value is -2.21. The summed E-state index contributed by atoms with van der Waals surface area (Å²) in [6.07, 6.45) is 1.83. The molecule has 0 aromatic heterocycles. The first-order valence-corrected chi connectivity index (χ1v) is 8.24. The second-order valence-corrected chi connectivity index (χ2v) is 6.10. The maximum absolute atomic E-state index is 12.6. The molecule has 0 spiro atoms. The van der Waals surface area contributed by atoms with Crippen LogP contribution in [-0.2, 0) is 20.8 Å². The Bertz CT molecular complexity index is 546. The van der Waals surface area contributed by atoms with E-state index in [2.05, 4.69) is 10.6 Å². The number of rotatable bonds is 9. The van der Waals surface area contributed by atoms with E-state index in [1.54, 1.807) is 6.92 Å². The van der Waals surface area contributed by atoms with Gasteiger partial charge in [-0.2, -0.15) is 0 Å². The monoisotopic (exact) mass is 333 g/mol. The molecule has 132 valence electrons. The van der Waals surface area contributed by atoms with Crippen LogP contribution in [0.3, 0.4) is 0 Å². The van der Waals surface area contributed by atoms with Gasteiger partial charge in [-0.15, -0.1) is 0 Å². The third-order valence-electron chi connectivity index (χ3n) is 4.04. The number of hydrogen-bond donors (Lipinski definition) is 3. The first kappa shape index (κ1) is 19.8. The molecule has 0 saturated carbocycles. The number of hydrogen-bond acceptors (Lipinski definition) is 4. The summed E-state index contributed by atoms with van der Waals surface area (Å²) in [5, 5.41) is 5.38. The zero-order chi connectivity index (χ0) is 18.1. The summed E-state index contributed by atoms with van der Waals surface area (Å²) in [4.78, 5) is 35.7. The number of carbonyl (C=O) groups is 3. The largest absolute Gasteiger partial charge is 0.345 e. The van der Waals surface area contributed by atoms with Crippen molar-refractivity contribution in [2.45, 2.75) is 51.7 Å². The van der Waals surface area contributed by atoms with Gasteiger partial charge >= 0.3 is 0 Å². The maximum atomic E-state index is 12.6. The summed E-state index contributed by atoms with van der Waals surface area (Å²) < 4.78 is 0. The molecule has 6 nitrogen and oxygen atoms in total. The Morgan fingerprint density at radius 2 is 1.75 bits per heavy atom. The molecule has 0 fully saturated rings. The van der Waals surface area contributed by atoms with Crippen LogP contribution in [0.2, 0.25) is 0 Å². The fraction of sp³-hybridized carbons (Fsp3) is 0.500. The third kappa shape index (κ3) is 6.12. The molecule has 0 heterocycles. The summed E-state index contributed by atoms with van der Waals surface area (Å²) >= 11 is 0. The standard InChI is InChI=1S/C18H27N3O3/c1-4-12(2)16(11-22)21-18(24)15(20-17(23)13(3)19)10-14-8-6-5-7-9-14/h5-9,11-13,15-16H,4,10,19H2,1-3H3,(H,20,23)(H,21,24). The summed E-state index contributed by atoms with van der Waals surface area (Å²) in [6, 6.07) is 7.30. The molecule has 1 aromatic carbocycles. The van der Waals surface area contributed by atoms with Gasteiger partial charge in [0.15, 0.2) is 0 Å². The Labute approximate surface area is 143 Å². The van der Waals surface area contributed by atoms with Crippen molar-refractivity contribution in [2.24, 2.45) is 11.7 Å². The molecule has 4 N–H and O–H groups in total. The van der Waals surface area contributed by atoms with E-state index < -0.39 is 24.0 Å². The molecular weight excluding hydrogens is 306 g/mol. The van der Waals surface area contributed by atoms with Gasteiger partial charge in [0.05, 0.1) is 12.1 Å². The van der Waals surface area contributed by atoms with Gasteiger partial charge in [-0.25, -0.2) is 0 Å². The molecule has 4 unspecified atom stereocenters. The molecule has 0 saturated heterocycles. The molecule has 0 aliphatic carbocycles. The Balaban J connectivity index is 2.88. The molecule has 4 atom stereocenters. The van der Waals surface area contributed by atoms with E-state index in [0.717, 1.165) is 18.3 Å². The average molecular weight is 333 g/mol. The molecule has 2 amide bonds. The number of aldehydes is 1. The molecule has 0 bridgehead atoms. The first-order chi connectivity index (χ1) is 11.4. The van der Waals surface area contributed by atoms with Crippen LogP contribution in [0.15, 0.2) is 30.3 Å². The van der Waals surface area contributed by atoms with Gasteiger partial charge in [-0.05, 0) is 18.4 Å². The predicted molar refractivity (Wildman–Crippen MR) is 93.2 cm³/mol. The lowest BCUT2D eigenvalue weighted by Crippen LogP contribution is -2.54. The van der Waals surface area contributed by atoms with Crippen LogP contribution < -0.4 is 16.4 Å². The average Bonchev–Trinajstić information content (AvgIpc) is 2.58. The van der Waals surface area contributed by atoms with E-state index in [1.165, 1.54) is 0 Å². The van der Waals surface area contributed by atoms with Gasteiger partial charge in [0.2, 0.25) is 11.8 Å². The van der Waals surface area contributed by atoms with E-state index in [9.17, 15) is 14.4 Å². The number of nitrogens with one attached hydrogen (secondary N) is 2. The lowest BCUT2D eigenvalue weighted by molar-refractivity contribution is -0.130. The number of benzene rings is 1. The Kier molecular flexibility index (Phi) is 8.12. The number of carbonyl (C=O) groups excluding carboxylic acids is 3. The quantitative estimate of drug-likeness (QED) is 0.582. The minimum Gasteiger partial charge on any atom is -0.345 e. The van der Waals surface area contributed by atoms with Crippen molar-refractivity contribution < 1.29 is 14.4 Å². The van der Waals surface area contributed by atoms with Crippen molar-refractivity contribution in [3.63, 3.8) is 0 Å². The minimum absolute atomic E-state index is 0.0213. The van der Waals surface area contributed by atoms with Gasteiger partial charge in [-0.1, -0.05) is 50.6 Å². The van der Waals surface area contributed by atoms with Gasteiger partial charge in [0.1, 0.15) is 12.3 Å². The predicted octanol–water partition coefficient (Wildman–Crippen LogP) is 0.791. The maximum Gasteiger partial charge on any atom is 0.243 e. The van der Waals surface area contributed by atoms with Crippen LogP contribution in [0, 0.1) is 5.92 Å². The highest BCUT2D eigenvalue weighted by Crippen LogP contribution is 2.08. The lowest BCUT2D eigenvalue weighted by atomic mass is 9.99. The molecule has 24 heavy (non-hydrogen) atoms.